The molecule has 432 valence electrons. The molecule has 0 aliphatic carbocycles. The summed E-state index contributed by atoms with van der Waals surface area (Å²) in [5.41, 5.74) is 0. The molecule has 0 amide bonds. The highest BCUT2D eigenvalue weighted by molar-refractivity contribution is 5.71. The van der Waals surface area contributed by atoms with Crippen LogP contribution in [-0.4, -0.2) is 37.2 Å². The number of rotatable bonds is 62. The standard InChI is InChI=1S/C67H128O6/c1-4-7-10-13-16-19-21-23-25-27-29-31-32-33-34-36-37-39-41-43-45-48-51-54-57-60-66(69)72-63-64(62-71-65(68)59-56-53-50-47-18-15-12-9-6-3)73-67(70)61-58-55-52-49-46-44-42-40-38-35-30-28-26-24-22-20-17-14-11-8-5-2/h27,29,64H,4-26,28,30-63H2,1-3H3/b29-27-. The summed E-state index contributed by atoms with van der Waals surface area (Å²) < 4.78 is 16.9. The number of unbranched alkanes of at least 4 members (excludes halogenated alkanes) is 49. The molecule has 0 heterocycles. The lowest BCUT2D eigenvalue weighted by atomic mass is 10.0. The molecule has 0 radical (unpaired) electrons. The molecule has 0 aliphatic rings. The fourth-order valence-corrected chi connectivity index (χ4v) is 10.3. The van der Waals surface area contributed by atoms with Crippen molar-refractivity contribution in [1.82, 2.24) is 0 Å². The zero-order valence-electron chi connectivity index (χ0n) is 49.7. The Balaban J connectivity index is 4.12. The van der Waals surface area contributed by atoms with E-state index >= 15 is 0 Å². The second-order valence-corrected chi connectivity index (χ2v) is 22.7. The number of esters is 3. The third kappa shape index (κ3) is 60.9. The normalized spacial score (nSPS) is 12.0. The molecule has 6 heteroatoms. The van der Waals surface area contributed by atoms with Crippen molar-refractivity contribution in [2.75, 3.05) is 13.2 Å². The molecular formula is C67H128O6. The summed E-state index contributed by atoms with van der Waals surface area (Å²) >= 11 is 0. The molecule has 1 unspecified atom stereocenters. The molecule has 0 bridgehead atoms. The van der Waals surface area contributed by atoms with E-state index < -0.39 is 6.10 Å². The SMILES string of the molecule is CCCCCCCCCC/C=C\CCCCCCCCCCCCCCCC(=O)OCC(COC(=O)CCCCCCCCCCC)OC(=O)CCCCCCCCCCCCCCCCCCCCCCC. The molecule has 0 aliphatic heterocycles. The molecule has 0 aromatic rings. The van der Waals surface area contributed by atoms with Gasteiger partial charge in [-0.2, -0.15) is 0 Å². The first-order chi connectivity index (χ1) is 36.0. The highest BCUT2D eigenvalue weighted by Crippen LogP contribution is 2.18. The molecule has 0 saturated heterocycles. The van der Waals surface area contributed by atoms with E-state index in [1.807, 2.05) is 0 Å². The van der Waals surface area contributed by atoms with Gasteiger partial charge in [0.2, 0.25) is 0 Å². The van der Waals surface area contributed by atoms with Crippen LogP contribution in [0.3, 0.4) is 0 Å². The van der Waals surface area contributed by atoms with Gasteiger partial charge in [-0.05, 0) is 44.9 Å². The summed E-state index contributed by atoms with van der Waals surface area (Å²) in [6.07, 6.45) is 73.9. The zero-order chi connectivity index (χ0) is 52.9. The van der Waals surface area contributed by atoms with Gasteiger partial charge in [0.1, 0.15) is 13.2 Å². The van der Waals surface area contributed by atoms with Gasteiger partial charge < -0.3 is 14.2 Å². The van der Waals surface area contributed by atoms with Crippen LogP contribution in [0.2, 0.25) is 0 Å². The van der Waals surface area contributed by atoms with Crippen LogP contribution in [0, 0.1) is 0 Å². The lowest BCUT2D eigenvalue weighted by molar-refractivity contribution is -0.167. The maximum absolute atomic E-state index is 12.9. The van der Waals surface area contributed by atoms with Crippen LogP contribution < -0.4 is 0 Å². The topological polar surface area (TPSA) is 78.9 Å². The van der Waals surface area contributed by atoms with Crippen molar-refractivity contribution >= 4 is 17.9 Å². The quantitative estimate of drug-likeness (QED) is 0.0261. The van der Waals surface area contributed by atoms with Crippen molar-refractivity contribution in [2.45, 2.75) is 386 Å². The Bertz CT molecular complexity index is 1130. The van der Waals surface area contributed by atoms with E-state index in [9.17, 15) is 14.4 Å². The molecule has 0 aromatic carbocycles. The Morgan fingerprint density at radius 2 is 0.452 bits per heavy atom. The van der Waals surface area contributed by atoms with Crippen LogP contribution in [-0.2, 0) is 28.6 Å². The van der Waals surface area contributed by atoms with E-state index in [-0.39, 0.29) is 31.1 Å². The number of carbonyl (C=O) groups is 3. The van der Waals surface area contributed by atoms with Gasteiger partial charge in [0.25, 0.3) is 0 Å². The van der Waals surface area contributed by atoms with Crippen LogP contribution >= 0.6 is 0 Å². The maximum Gasteiger partial charge on any atom is 0.306 e. The summed E-state index contributed by atoms with van der Waals surface area (Å²) in [6.45, 7) is 6.70. The smallest absolute Gasteiger partial charge is 0.306 e. The minimum absolute atomic E-state index is 0.0635. The molecule has 0 saturated carbocycles. The maximum atomic E-state index is 12.9. The first kappa shape index (κ1) is 71.2. The van der Waals surface area contributed by atoms with Crippen molar-refractivity contribution in [3.8, 4) is 0 Å². The zero-order valence-corrected chi connectivity index (χ0v) is 49.7. The fourth-order valence-electron chi connectivity index (χ4n) is 10.3. The summed E-state index contributed by atoms with van der Waals surface area (Å²) in [5, 5.41) is 0. The monoisotopic (exact) mass is 1030 g/mol. The third-order valence-electron chi connectivity index (χ3n) is 15.3. The Hall–Kier alpha value is -1.85. The van der Waals surface area contributed by atoms with E-state index in [2.05, 4.69) is 32.9 Å². The summed E-state index contributed by atoms with van der Waals surface area (Å²) in [6, 6.07) is 0. The number of hydrogen-bond acceptors (Lipinski definition) is 6. The second kappa shape index (κ2) is 62.7. The molecule has 73 heavy (non-hydrogen) atoms. The minimum atomic E-state index is -0.764. The van der Waals surface area contributed by atoms with Gasteiger partial charge in [-0.25, -0.2) is 0 Å². The Kier molecular flexibility index (Phi) is 61.1. The van der Waals surface area contributed by atoms with E-state index in [1.165, 1.54) is 283 Å². The highest BCUT2D eigenvalue weighted by Gasteiger charge is 2.19. The lowest BCUT2D eigenvalue weighted by Crippen LogP contribution is -2.30. The van der Waals surface area contributed by atoms with Crippen molar-refractivity contribution in [3.05, 3.63) is 12.2 Å². The predicted molar refractivity (Wildman–Crippen MR) is 317 cm³/mol. The molecule has 0 fully saturated rings. The molecule has 0 aromatic heterocycles. The van der Waals surface area contributed by atoms with Crippen LogP contribution in [0.5, 0.6) is 0 Å². The summed E-state index contributed by atoms with van der Waals surface area (Å²) in [4.78, 5) is 38.2. The van der Waals surface area contributed by atoms with Gasteiger partial charge in [0.15, 0.2) is 6.10 Å². The molecule has 6 nitrogen and oxygen atoms in total. The van der Waals surface area contributed by atoms with E-state index in [1.54, 1.807) is 0 Å². The van der Waals surface area contributed by atoms with Crippen molar-refractivity contribution in [1.29, 1.82) is 0 Å². The largest absolute Gasteiger partial charge is 0.462 e. The van der Waals surface area contributed by atoms with Gasteiger partial charge >= 0.3 is 17.9 Å². The molecule has 0 N–H and O–H groups in total. The summed E-state index contributed by atoms with van der Waals surface area (Å²) in [5.74, 6) is -0.836. The molecule has 0 spiro atoms. The van der Waals surface area contributed by atoms with E-state index in [4.69, 9.17) is 14.2 Å². The Morgan fingerprint density at radius 3 is 0.685 bits per heavy atom. The Labute approximate surface area is 456 Å². The average Bonchev–Trinajstić information content (AvgIpc) is 3.39. The minimum Gasteiger partial charge on any atom is -0.462 e. The number of carbonyl (C=O) groups excluding carboxylic acids is 3. The fraction of sp³-hybridized carbons (Fsp3) is 0.925. The molecular weight excluding hydrogens is 901 g/mol. The summed E-state index contributed by atoms with van der Waals surface area (Å²) in [7, 11) is 0. The number of allylic oxidation sites excluding steroid dienone is 2. The van der Waals surface area contributed by atoms with Gasteiger partial charge in [-0.15, -0.1) is 0 Å². The molecule has 1 atom stereocenters. The van der Waals surface area contributed by atoms with E-state index in [0.717, 1.165) is 57.8 Å². The van der Waals surface area contributed by atoms with Gasteiger partial charge in [-0.3, -0.25) is 14.4 Å². The second-order valence-electron chi connectivity index (χ2n) is 22.7. The first-order valence-corrected chi connectivity index (χ1v) is 33.2. The predicted octanol–water partition coefficient (Wildman–Crippen LogP) is 22.4. The van der Waals surface area contributed by atoms with Crippen LogP contribution in [0.15, 0.2) is 12.2 Å². The van der Waals surface area contributed by atoms with E-state index in [0.29, 0.717) is 19.3 Å². The Morgan fingerprint density at radius 1 is 0.260 bits per heavy atom. The number of ether oxygens (including phenoxy) is 3. The van der Waals surface area contributed by atoms with Crippen molar-refractivity contribution < 1.29 is 28.6 Å². The van der Waals surface area contributed by atoms with Crippen LogP contribution in [0.25, 0.3) is 0 Å². The van der Waals surface area contributed by atoms with Crippen LogP contribution in [0.4, 0.5) is 0 Å². The van der Waals surface area contributed by atoms with Gasteiger partial charge in [0.05, 0.1) is 0 Å². The van der Waals surface area contributed by atoms with Gasteiger partial charge in [0, 0.05) is 19.3 Å². The van der Waals surface area contributed by atoms with Gasteiger partial charge in [-0.1, -0.05) is 328 Å². The molecule has 0 rings (SSSR count). The third-order valence-corrected chi connectivity index (χ3v) is 15.3. The van der Waals surface area contributed by atoms with Crippen LogP contribution in [0.1, 0.15) is 380 Å². The van der Waals surface area contributed by atoms with Crippen molar-refractivity contribution in [3.63, 3.8) is 0 Å². The first-order valence-electron chi connectivity index (χ1n) is 33.2. The highest BCUT2D eigenvalue weighted by atomic mass is 16.6. The average molecular weight is 1030 g/mol. The number of hydrogen-bond donors (Lipinski definition) is 0. The lowest BCUT2D eigenvalue weighted by Gasteiger charge is -2.18. The van der Waals surface area contributed by atoms with Crippen molar-refractivity contribution in [2.24, 2.45) is 0 Å².